The Hall–Kier alpha value is -0.680. The fourth-order valence-corrected chi connectivity index (χ4v) is 4.78. The first-order chi connectivity index (χ1) is 10.4. The van der Waals surface area contributed by atoms with Gasteiger partial charge in [-0.3, -0.25) is 4.90 Å². The highest BCUT2D eigenvalue weighted by molar-refractivity contribution is 7.15. The molecule has 1 unspecified atom stereocenters. The summed E-state index contributed by atoms with van der Waals surface area (Å²) in [5, 5.41) is 11.4. The molecule has 3 fully saturated rings. The molecule has 1 aliphatic carbocycles. The maximum Gasteiger partial charge on any atom is 0.208 e. The molecule has 1 saturated carbocycles. The first-order valence-electron chi connectivity index (χ1n) is 8.72. The van der Waals surface area contributed by atoms with Crippen molar-refractivity contribution in [3.8, 4) is 0 Å². The van der Waals surface area contributed by atoms with Crippen molar-refractivity contribution in [2.45, 2.75) is 63.3 Å². The molecule has 1 atom stereocenters. The lowest BCUT2D eigenvalue weighted by Gasteiger charge is -2.38. The highest BCUT2D eigenvalue weighted by Crippen LogP contribution is 2.42. The molecule has 0 spiro atoms. The Morgan fingerprint density at radius 2 is 1.67 bits per heavy atom. The summed E-state index contributed by atoms with van der Waals surface area (Å²) in [6, 6.07) is 0.741. The normalized spacial score (nSPS) is 28.6. The Morgan fingerprint density at radius 1 is 0.857 bits per heavy atom. The van der Waals surface area contributed by atoms with Crippen LogP contribution in [0.25, 0.3) is 0 Å². The lowest BCUT2D eigenvalue weighted by atomic mass is 10.0. The number of likely N-dealkylation sites (tertiary alicyclic amines) is 1. The Kier molecular flexibility index (Phi) is 4.12. The number of anilines is 1. The summed E-state index contributed by atoms with van der Waals surface area (Å²) in [5.41, 5.74) is 0. The monoisotopic (exact) mass is 306 g/mol. The molecule has 3 heterocycles. The lowest BCUT2D eigenvalue weighted by Crippen LogP contribution is -2.48. The molecule has 3 aliphatic rings. The van der Waals surface area contributed by atoms with Gasteiger partial charge in [-0.25, -0.2) is 0 Å². The molecule has 21 heavy (non-hydrogen) atoms. The van der Waals surface area contributed by atoms with Crippen molar-refractivity contribution in [2.75, 3.05) is 31.1 Å². The highest BCUT2D eigenvalue weighted by Gasteiger charge is 2.30. The van der Waals surface area contributed by atoms with E-state index in [1.807, 2.05) is 11.3 Å². The van der Waals surface area contributed by atoms with Crippen LogP contribution in [-0.2, 0) is 0 Å². The Balaban J connectivity index is 1.41. The SMILES string of the molecule is C1CCCN(C2CCCN(c3nnc(C4CC4)s3)C2)CC1. The van der Waals surface area contributed by atoms with Crippen molar-refractivity contribution in [3.05, 3.63) is 5.01 Å². The van der Waals surface area contributed by atoms with E-state index in [4.69, 9.17) is 0 Å². The lowest BCUT2D eigenvalue weighted by molar-refractivity contribution is 0.182. The van der Waals surface area contributed by atoms with Gasteiger partial charge in [0.1, 0.15) is 5.01 Å². The summed E-state index contributed by atoms with van der Waals surface area (Å²) in [4.78, 5) is 5.25. The molecule has 1 aromatic heterocycles. The summed E-state index contributed by atoms with van der Waals surface area (Å²) in [7, 11) is 0. The van der Waals surface area contributed by atoms with E-state index in [0.29, 0.717) is 0 Å². The smallest absolute Gasteiger partial charge is 0.208 e. The molecule has 0 N–H and O–H groups in total. The topological polar surface area (TPSA) is 32.3 Å². The Labute approximate surface area is 131 Å². The van der Waals surface area contributed by atoms with Crippen LogP contribution in [0.5, 0.6) is 0 Å². The molecule has 0 amide bonds. The molecular formula is C16H26N4S. The largest absolute Gasteiger partial charge is 0.345 e. The minimum Gasteiger partial charge on any atom is -0.345 e. The van der Waals surface area contributed by atoms with Gasteiger partial charge in [0, 0.05) is 25.0 Å². The first kappa shape index (κ1) is 13.9. The fourth-order valence-electron chi connectivity index (χ4n) is 3.74. The molecule has 4 nitrogen and oxygen atoms in total. The van der Waals surface area contributed by atoms with Gasteiger partial charge in [-0.15, -0.1) is 10.2 Å². The van der Waals surface area contributed by atoms with Gasteiger partial charge in [0.2, 0.25) is 5.13 Å². The van der Waals surface area contributed by atoms with Crippen molar-refractivity contribution in [3.63, 3.8) is 0 Å². The van der Waals surface area contributed by atoms with Crippen molar-refractivity contribution in [1.29, 1.82) is 0 Å². The molecular weight excluding hydrogens is 280 g/mol. The molecule has 0 radical (unpaired) electrons. The van der Waals surface area contributed by atoms with E-state index >= 15 is 0 Å². The van der Waals surface area contributed by atoms with Gasteiger partial charge < -0.3 is 4.90 Å². The number of piperidine rings is 1. The molecule has 0 bridgehead atoms. The third-order valence-electron chi connectivity index (χ3n) is 5.18. The quantitative estimate of drug-likeness (QED) is 0.858. The van der Waals surface area contributed by atoms with Crippen LogP contribution in [0.2, 0.25) is 0 Å². The number of aromatic nitrogens is 2. The van der Waals surface area contributed by atoms with Crippen molar-refractivity contribution in [1.82, 2.24) is 15.1 Å². The third-order valence-corrected chi connectivity index (χ3v) is 6.33. The number of nitrogens with zero attached hydrogens (tertiary/aromatic N) is 4. The molecule has 2 aliphatic heterocycles. The zero-order valence-corrected chi connectivity index (χ0v) is 13.7. The van der Waals surface area contributed by atoms with Crippen LogP contribution in [0.1, 0.15) is 62.3 Å². The second-order valence-electron chi connectivity index (χ2n) is 6.89. The van der Waals surface area contributed by atoms with E-state index < -0.39 is 0 Å². The van der Waals surface area contributed by atoms with Gasteiger partial charge in [0.15, 0.2) is 0 Å². The van der Waals surface area contributed by atoms with E-state index in [9.17, 15) is 0 Å². The summed E-state index contributed by atoms with van der Waals surface area (Å²) in [6.07, 6.45) is 10.9. The summed E-state index contributed by atoms with van der Waals surface area (Å²) < 4.78 is 0. The van der Waals surface area contributed by atoms with Crippen LogP contribution in [0.3, 0.4) is 0 Å². The fraction of sp³-hybridized carbons (Fsp3) is 0.875. The van der Waals surface area contributed by atoms with Crippen LogP contribution < -0.4 is 4.90 Å². The van der Waals surface area contributed by atoms with Crippen LogP contribution in [0.15, 0.2) is 0 Å². The highest BCUT2D eigenvalue weighted by atomic mass is 32.1. The Morgan fingerprint density at radius 3 is 2.43 bits per heavy atom. The van der Waals surface area contributed by atoms with Crippen LogP contribution in [0, 0.1) is 0 Å². The van der Waals surface area contributed by atoms with Gasteiger partial charge in [-0.05, 0) is 51.6 Å². The maximum atomic E-state index is 4.48. The van der Waals surface area contributed by atoms with Crippen molar-refractivity contribution >= 4 is 16.5 Å². The standard InChI is InChI=1S/C16H26N4S/c1-2-4-10-19(9-3-1)14-6-5-11-20(12-14)16-18-17-15(21-16)13-7-8-13/h13-14H,1-12H2. The predicted molar refractivity (Wildman–Crippen MR) is 87.2 cm³/mol. The summed E-state index contributed by atoms with van der Waals surface area (Å²) >= 11 is 1.85. The van der Waals surface area contributed by atoms with Crippen LogP contribution in [-0.4, -0.2) is 47.3 Å². The first-order valence-corrected chi connectivity index (χ1v) is 9.54. The molecule has 5 heteroatoms. The third kappa shape index (κ3) is 3.24. The molecule has 2 saturated heterocycles. The average Bonchev–Trinajstić information content (AvgIpc) is 3.31. The van der Waals surface area contributed by atoms with E-state index in [2.05, 4.69) is 20.0 Å². The van der Waals surface area contributed by atoms with Gasteiger partial charge in [0.05, 0.1) is 0 Å². The minimum absolute atomic E-state index is 0.738. The van der Waals surface area contributed by atoms with E-state index in [1.165, 1.54) is 87.7 Å². The van der Waals surface area contributed by atoms with Gasteiger partial charge in [0.25, 0.3) is 0 Å². The zero-order chi connectivity index (χ0) is 14.1. The van der Waals surface area contributed by atoms with Crippen molar-refractivity contribution < 1.29 is 0 Å². The molecule has 0 aromatic carbocycles. The van der Waals surface area contributed by atoms with Crippen LogP contribution >= 0.6 is 11.3 Å². The number of hydrogen-bond acceptors (Lipinski definition) is 5. The van der Waals surface area contributed by atoms with Crippen molar-refractivity contribution in [2.24, 2.45) is 0 Å². The average molecular weight is 306 g/mol. The van der Waals surface area contributed by atoms with Gasteiger partial charge in [-0.1, -0.05) is 24.2 Å². The van der Waals surface area contributed by atoms with E-state index in [0.717, 1.165) is 12.0 Å². The van der Waals surface area contributed by atoms with E-state index in [-0.39, 0.29) is 0 Å². The second kappa shape index (κ2) is 6.21. The predicted octanol–water partition coefficient (Wildman–Crippen LogP) is 3.26. The number of rotatable bonds is 3. The maximum absolute atomic E-state index is 4.48. The number of hydrogen-bond donors (Lipinski definition) is 0. The zero-order valence-electron chi connectivity index (χ0n) is 12.8. The summed E-state index contributed by atoms with van der Waals surface area (Å²) in [6.45, 7) is 4.95. The van der Waals surface area contributed by atoms with Crippen LogP contribution in [0.4, 0.5) is 5.13 Å². The van der Waals surface area contributed by atoms with Gasteiger partial charge in [-0.2, -0.15) is 0 Å². The molecule has 1 aromatic rings. The summed E-state index contributed by atoms with van der Waals surface area (Å²) in [5.74, 6) is 0.738. The molecule has 116 valence electrons. The van der Waals surface area contributed by atoms with Gasteiger partial charge >= 0.3 is 0 Å². The van der Waals surface area contributed by atoms with E-state index in [1.54, 1.807) is 0 Å². The minimum atomic E-state index is 0.738. The second-order valence-corrected chi connectivity index (χ2v) is 7.88. The molecule has 4 rings (SSSR count). The Bertz CT molecular complexity index is 463.